The number of hydrogen-bond donors (Lipinski definition) is 1. The number of amides is 1. The molecule has 2 N–H and O–H groups in total. The highest BCUT2D eigenvalue weighted by Crippen LogP contribution is 2.24. The van der Waals surface area contributed by atoms with Crippen molar-refractivity contribution in [3.05, 3.63) is 0 Å². The van der Waals surface area contributed by atoms with Crippen molar-refractivity contribution in [3.8, 4) is 0 Å². The van der Waals surface area contributed by atoms with E-state index in [4.69, 9.17) is 5.73 Å². The van der Waals surface area contributed by atoms with Crippen LogP contribution in [0.3, 0.4) is 0 Å². The van der Waals surface area contributed by atoms with Gasteiger partial charge in [0.25, 0.3) is 0 Å². The third-order valence-electron chi connectivity index (χ3n) is 4.50. The minimum Gasteiger partial charge on any atom is -0.469 e. The van der Waals surface area contributed by atoms with Gasteiger partial charge in [-0.15, -0.1) is 0 Å². The Morgan fingerprint density at radius 2 is 1.86 bits per heavy atom. The van der Waals surface area contributed by atoms with E-state index >= 15 is 0 Å². The molecule has 22 heavy (non-hydrogen) atoms. The van der Waals surface area contributed by atoms with Crippen molar-refractivity contribution in [1.29, 1.82) is 0 Å². The Morgan fingerprint density at radius 1 is 1.23 bits per heavy atom. The number of piperidine rings is 1. The monoisotopic (exact) mass is 312 g/mol. The van der Waals surface area contributed by atoms with Gasteiger partial charge in [-0.2, -0.15) is 0 Å². The van der Waals surface area contributed by atoms with E-state index in [2.05, 4.69) is 18.6 Å². The number of hydrogen-bond acceptors (Lipinski definition) is 4. The highest BCUT2D eigenvalue weighted by molar-refractivity contribution is 5.86. The summed E-state index contributed by atoms with van der Waals surface area (Å²) in [7, 11) is 1.31. The SMILES string of the molecule is COC(=O)CC(N)C(=O)N1CCC(CCCCC(C)C)CC1. The molecule has 5 heteroatoms. The average molecular weight is 312 g/mol. The van der Waals surface area contributed by atoms with E-state index in [1.165, 1.54) is 32.8 Å². The molecule has 1 saturated heterocycles. The third-order valence-corrected chi connectivity index (χ3v) is 4.50. The molecular weight excluding hydrogens is 280 g/mol. The second kappa shape index (κ2) is 9.82. The summed E-state index contributed by atoms with van der Waals surface area (Å²) in [6, 6.07) is -0.768. The van der Waals surface area contributed by atoms with E-state index in [-0.39, 0.29) is 12.3 Å². The molecule has 1 fully saturated rings. The molecular formula is C17H32N2O3. The largest absolute Gasteiger partial charge is 0.469 e. The van der Waals surface area contributed by atoms with Gasteiger partial charge in [-0.1, -0.05) is 39.5 Å². The molecule has 1 rings (SSSR count). The normalized spacial score (nSPS) is 17.6. The summed E-state index contributed by atoms with van der Waals surface area (Å²) >= 11 is 0. The molecule has 0 aromatic carbocycles. The van der Waals surface area contributed by atoms with Crippen LogP contribution in [0.15, 0.2) is 0 Å². The van der Waals surface area contributed by atoms with Gasteiger partial charge in [-0.05, 0) is 24.7 Å². The van der Waals surface area contributed by atoms with Crippen LogP contribution < -0.4 is 5.73 Å². The molecule has 0 bridgehead atoms. The van der Waals surface area contributed by atoms with Crippen molar-refractivity contribution in [2.45, 2.75) is 64.8 Å². The van der Waals surface area contributed by atoms with Crippen LogP contribution in [0.1, 0.15) is 58.8 Å². The lowest BCUT2D eigenvalue weighted by Crippen LogP contribution is -2.48. The van der Waals surface area contributed by atoms with Crippen LogP contribution >= 0.6 is 0 Å². The number of rotatable bonds is 8. The van der Waals surface area contributed by atoms with Crippen molar-refractivity contribution in [2.24, 2.45) is 17.6 Å². The zero-order chi connectivity index (χ0) is 16.5. The molecule has 0 aliphatic carbocycles. The summed E-state index contributed by atoms with van der Waals surface area (Å²) in [5.74, 6) is 0.966. The molecule has 1 aliphatic rings. The lowest BCUT2D eigenvalue weighted by atomic mass is 9.90. The smallest absolute Gasteiger partial charge is 0.307 e. The van der Waals surface area contributed by atoms with E-state index in [9.17, 15) is 9.59 Å². The second-order valence-corrected chi connectivity index (χ2v) is 6.83. The molecule has 128 valence electrons. The van der Waals surface area contributed by atoms with Gasteiger partial charge in [0.15, 0.2) is 0 Å². The molecule has 1 heterocycles. The van der Waals surface area contributed by atoms with E-state index in [1.54, 1.807) is 4.90 Å². The third kappa shape index (κ3) is 6.77. The van der Waals surface area contributed by atoms with Gasteiger partial charge in [-0.25, -0.2) is 0 Å². The number of likely N-dealkylation sites (tertiary alicyclic amines) is 1. The molecule has 0 radical (unpaired) electrons. The predicted octanol–water partition coefficient (Wildman–Crippen LogP) is 2.33. The van der Waals surface area contributed by atoms with Gasteiger partial charge in [0.05, 0.1) is 19.6 Å². The molecule has 1 aliphatic heterocycles. The summed E-state index contributed by atoms with van der Waals surface area (Å²) in [4.78, 5) is 25.2. The number of ether oxygens (including phenoxy) is 1. The summed E-state index contributed by atoms with van der Waals surface area (Å²) in [5.41, 5.74) is 5.79. The second-order valence-electron chi connectivity index (χ2n) is 6.83. The topological polar surface area (TPSA) is 72.6 Å². The van der Waals surface area contributed by atoms with Crippen LogP contribution in [0.4, 0.5) is 0 Å². The summed E-state index contributed by atoms with van der Waals surface area (Å²) < 4.78 is 4.56. The van der Waals surface area contributed by atoms with Crippen LogP contribution in [0.5, 0.6) is 0 Å². The quantitative estimate of drug-likeness (QED) is 0.551. The first-order valence-electron chi connectivity index (χ1n) is 8.55. The zero-order valence-corrected chi connectivity index (χ0v) is 14.3. The summed E-state index contributed by atoms with van der Waals surface area (Å²) in [6.07, 6.45) is 7.24. The number of esters is 1. The van der Waals surface area contributed by atoms with Crippen molar-refractivity contribution in [3.63, 3.8) is 0 Å². The minimum absolute atomic E-state index is 0.0372. The number of nitrogens with two attached hydrogens (primary N) is 1. The van der Waals surface area contributed by atoms with E-state index in [0.717, 1.165) is 37.8 Å². The molecule has 0 spiro atoms. The zero-order valence-electron chi connectivity index (χ0n) is 14.3. The van der Waals surface area contributed by atoms with E-state index < -0.39 is 12.0 Å². The van der Waals surface area contributed by atoms with E-state index in [1.807, 2.05) is 0 Å². The number of unbranched alkanes of at least 4 members (excludes halogenated alkanes) is 1. The number of nitrogens with zero attached hydrogens (tertiary/aromatic N) is 1. The first-order valence-corrected chi connectivity index (χ1v) is 8.55. The first kappa shape index (κ1) is 18.9. The Labute approximate surface area is 134 Å². The highest BCUT2D eigenvalue weighted by Gasteiger charge is 2.27. The van der Waals surface area contributed by atoms with Crippen LogP contribution in [0, 0.1) is 11.8 Å². The Morgan fingerprint density at radius 3 is 2.41 bits per heavy atom. The first-order chi connectivity index (χ1) is 10.4. The van der Waals surface area contributed by atoms with Crippen molar-refractivity contribution < 1.29 is 14.3 Å². The van der Waals surface area contributed by atoms with Crippen molar-refractivity contribution in [2.75, 3.05) is 20.2 Å². The maximum absolute atomic E-state index is 12.2. The maximum atomic E-state index is 12.2. The van der Waals surface area contributed by atoms with Crippen LogP contribution in [-0.4, -0.2) is 43.0 Å². The van der Waals surface area contributed by atoms with E-state index in [0.29, 0.717) is 0 Å². The van der Waals surface area contributed by atoms with Gasteiger partial charge < -0.3 is 15.4 Å². The lowest BCUT2D eigenvalue weighted by Gasteiger charge is -2.33. The Bertz CT molecular complexity index is 350. The number of carbonyl (C=O) groups excluding carboxylic acids is 2. The number of carbonyl (C=O) groups is 2. The minimum atomic E-state index is -0.768. The standard InChI is InChI=1S/C17H32N2O3/c1-13(2)6-4-5-7-14-8-10-19(11-9-14)17(21)15(18)12-16(20)22-3/h13-15H,4-12,18H2,1-3H3. The van der Waals surface area contributed by atoms with Crippen molar-refractivity contribution in [1.82, 2.24) is 4.90 Å². The molecule has 0 aromatic rings. The van der Waals surface area contributed by atoms with Gasteiger partial charge in [0.2, 0.25) is 5.91 Å². The average Bonchev–Trinajstić information content (AvgIpc) is 2.51. The Hall–Kier alpha value is -1.10. The molecule has 0 saturated carbocycles. The fourth-order valence-electron chi connectivity index (χ4n) is 3.01. The van der Waals surface area contributed by atoms with Crippen LogP contribution in [0.2, 0.25) is 0 Å². The fraction of sp³-hybridized carbons (Fsp3) is 0.882. The Kier molecular flexibility index (Phi) is 8.46. The maximum Gasteiger partial charge on any atom is 0.307 e. The number of methoxy groups -OCH3 is 1. The lowest BCUT2D eigenvalue weighted by molar-refractivity contribution is -0.145. The molecule has 1 unspecified atom stereocenters. The van der Waals surface area contributed by atoms with Crippen LogP contribution in [-0.2, 0) is 14.3 Å². The molecule has 0 aromatic heterocycles. The van der Waals surface area contributed by atoms with Gasteiger partial charge in [0, 0.05) is 13.1 Å². The van der Waals surface area contributed by atoms with Gasteiger partial charge in [-0.3, -0.25) is 9.59 Å². The molecule has 1 atom stereocenters. The van der Waals surface area contributed by atoms with Gasteiger partial charge >= 0.3 is 5.97 Å². The Balaban J connectivity index is 2.23. The fourth-order valence-corrected chi connectivity index (χ4v) is 3.01. The summed E-state index contributed by atoms with van der Waals surface area (Å²) in [6.45, 7) is 6.06. The van der Waals surface area contributed by atoms with Gasteiger partial charge in [0.1, 0.15) is 0 Å². The van der Waals surface area contributed by atoms with Crippen LogP contribution in [0.25, 0.3) is 0 Å². The molecule has 1 amide bonds. The predicted molar refractivity (Wildman–Crippen MR) is 87.2 cm³/mol. The highest BCUT2D eigenvalue weighted by atomic mass is 16.5. The summed E-state index contributed by atoms with van der Waals surface area (Å²) in [5, 5.41) is 0. The molecule has 5 nitrogen and oxygen atoms in total. The van der Waals surface area contributed by atoms with Crippen molar-refractivity contribution >= 4 is 11.9 Å².